The maximum absolute atomic E-state index is 13.1. The van der Waals surface area contributed by atoms with Gasteiger partial charge in [-0.2, -0.15) is 0 Å². The monoisotopic (exact) mass is 394 g/mol. The minimum absolute atomic E-state index is 0.0692. The van der Waals surface area contributed by atoms with Gasteiger partial charge in [0, 0.05) is 56.8 Å². The van der Waals surface area contributed by atoms with Crippen molar-refractivity contribution >= 4 is 5.91 Å². The summed E-state index contributed by atoms with van der Waals surface area (Å²) < 4.78 is 7.81. The van der Waals surface area contributed by atoms with Gasteiger partial charge in [-0.25, -0.2) is 0 Å². The second kappa shape index (κ2) is 7.63. The van der Waals surface area contributed by atoms with Crippen LogP contribution in [0.1, 0.15) is 41.2 Å². The molecule has 29 heavy (non-hydrogen) atoms. The van der Waals surface area contributed by atoms with Gasteiger partial charge in [-0.1, -0.05) is 0 Å². The van der Waals surface area contributed by atoms with Crippen LogP contribution in [0.25, 0.3) is 0 Å². The zero-order valence-electron chi connectivity index (χ0n) is 16.4. The molecule has 0 spiro atoms. The molecule has 2 aromatic rings. The average molecular weight is 394 g/mol. The van der Waals surface area contributed by atoms with E-state index in [0.29, 0.717) is 37.0 Å². The molecule has 7 heteroatoms. The van der Waals surface area contributed by atoms with E-state index < -0.39 is 0 Å². The lowest BCUT2D eigenvalue weighted by Crippen LogP contribution is -2.47. The third kappa shape index (κ3) is 3.55. The van der Waals surface area contributed by atoms with Gasteiger partial charge in [-0.05, 0) is 43.1 Å². The topological polar surface area (TPSA) is 76.5 Å². The molecule has 7 nitrogen and oxygen atoms in total. The van der Waals surface area contributed by atoms with Crippen LogP contribution in [0.15, 0.2) is 41.5 Å². The highest BCUT2D eigenvalue weighted by molar-refractivity contribution is 5.94. The van der Waals surface area contributed by atoms with Crippen LogP contribution in [0.2, 0.25) is 0 Å². The van der Waals surface area contributed by atoms with Crippen LogP contribution in [0.4, 0.5) is 0 Å². The minimum atomic E-state index is -0.154. The molecule has 1 N–H and O–H groups in total. The molecule has 2 saturated heterocycles. The summed E-state index contributed by atoms with van der Waals surface area (Å²) in [5.41, 5.74) is 1.24. The molecule has 5 rings (SSSR count). The smallest absolute Gasteiger partial charge is 0.263 e. The Morgan fingerprint density at radius 1 is 1.17 bits per heavy atom. The van der Waals surface area contributed by atoms with E-state index >= 15 is 0 Å². The van der Waals surface area contributed by atoms with Gasteiger partial charge in [0.1, 0.15) is 17.4 Å². The predicted octanol–water partition coefficient (Wildman–Crippen LogP) is 1.63. The number of pyridine rings is 2. The number of piperidine rings is 2. The minimum Gasteiger partial charge on any atom is -0.489 e. The second-order valence-corrected chi connectivity index (χ2v) is 8.34. The molecule has 152 valence electrons. The number of carbonyl (C=O) groups is 1. The van der Waals surface area contributed by atoms with Crippen molar-refractivity contribution in [1.29, 1.82) is 0 Å². The molecule has 2 bridgehead atoms. The fourth-order valence-corrected chi connectivity index (χ4v) is 4.91. The Morgan fingerprint density at radius 2 is 2.03 bits per heavy atom. The van der Waals surface area contributed by atoms with E-state index in [1.54, 1.807) is 23.4 Å². The van der Waals surface area contributed by atoms with E-state index in [1.807, 2.05) is 22.8 Å². The summed E-state index contributed by atoms with van der Waals surface area (Å²) in [4.78, 5) is 32.0. The summed E-state index contributed by atoms with van der Waals surface area (Å²) in [6.45, 7) is 3.76. The van der Waals surface area contributed by atoms with Crippen molar-refractivity contribution in [2.24, 2.45) is 5.92 Å². The predicted molar refractivity (Wildman–Crippen MR) is 108 cm³/mol. The Bertz CT molecular complexity index is 950. The first-order chi connectivity index (χ1) is 14.2. The van der Waals surface area contributed by atoms with Crippen LogP contribution in [0.3, 0.4) is 0 Å². The van der Waals surface area contributed by atoms with E-state index in [-0.39, 0.29) is 17.6 Å². The molecular weight excluding hydrogens is 368 g/mol. The highest BCUT2D eigenvalue weighted by atomic mass is 16.5. The van der Waals surface area contributed by atoms with Crippen molar-refractivity contribution in [2.45, 2.75) is 37.8 Å². The fourth-order valence-electron chi connectivity index (χ4n) is 4.91. The molecule has 0 saturated carbocycles. The summed E-state index contributed by atoms with van der Waals surface area (Å²) in [5.74, 6) is 1.45. The zero-order valence-corrected chi connectivity index (χ0v) is 16.4. The fraction of sp³-hybridized carbons (Fsp3) is 0.500. The van der Waals surface area contributed by atoms with Gasteiger partial charge in [0.05, 0.1) is 6.20 Å². The average Bonchev–Trinajstić information content (AvgIpc) is 2.76. The molecule has 3 aliphatic heterocycles. The molecule has 2 aromatic heterocycles. The first-order valence-corrected chi connectivity index (χ1v) is 10.5. The Morgan fingerprint density at radius 3 is 2.83 bits per heavy atom. The van der Waals surface area contributed by atoms with Gasteiger partial charge in [-0.3, -0.25) is 14.6 Å². The number of hydrogen-bond acceptors (Lipinski definition) is 5. The van der Waals surface area contributed by atoms with Gasteiger partial charge >= 0.3 is 0 Å². The number of nitrogens with one attached hydrogen (secondary N) is 1. The molecule has 0 radical (unpaired) electrons. The number of fused-ring (bicyclic) bond motifs is 4. The SMILES string of the molecule is O=C(c1ccc2n(c1=O)C[C@@H]1CNC[C@H]2C1)N1CCC(Oc2cccnc2)CC1. The van der Waals surface area contributed by atoms with Gasteiger partial charge < -0.3 is 19.5 Å². The number of ether oxygens (including phenoxy) is 1. The number of carbonyl (C=O) groups excluding carboxylic acids is 1. The second-order valence-electron chi connectivity index (χ2n) is 8.34. The number of likely N-dealkylation sites (tertiary alicyclic amines) is 1. The van der Waals surface area contributed by atoms with E-state index in [0.717, 1.165) is 43.8 Å². The van der Waals surface area contributed by atoms with E-state index in [1.165, 1.54) is 0 Å². The van der Waals surface area contributed by atoms with Crippen molar-refractivity contribution in [1.82, 2.24) is 19.8 Å². The molecule has 1 amide bonds. The van der Waals surface area contributed by atoms with Crippen molar-refractivity contribution in [3.05, 3.63) is 58.3 Å². The van der Waals surface area contributed by atoms with Crippen molar-refractivity contribution in [2.75, 3.05) is 26.2 Å². The quantitative estimate of drug-likeness (QED) is 0.856. The van der Waals surface area contributed by atoms with Crippen LogP contribution in [0, 0.1) is 5.92 Å². The molecule has 0 aromatic carbocycles. The van der Waals surface area contributed by atoms with Crippen molar-refractivity contribution in [3.63, 3.8) is 0 Å². The normalized spacial score (nSPS) is 24.1. The summed E-state index contributed by atoms with van der Waals surface area (Å²) in [5, 5.41) is 3.45. The lowest BCUT2D eigenvalue weighted by Gasteiger charge is -2.38. The van der Waals surface area contributed by atoms with Gasteiger partial charge in [0.15, 0.2) is 0 Å². The molecule has 0 aliphatic carbocycles. The maximum Gasteiger partial charge on any atom is 0.263 e. The molecule has 2 fully saturated rings. The summed E-state index contributed by atoms with van der Waals surface area (Å²) >= 11 is 0. The summed E-state index contributed by atoms with van der Waals surface area (Å²) in [7, 11) is 0. The largest absolute Gasteiger partial charge is 0.489 e. The number of aromatic nitrogens is 2. The number of nitrogens with zero attached hydrogens (tertiary/aromatic N) is 3. The molecule has 5 heterocycles. The maximum atomic E-state index is 13.1. The van der Waals surface area contributed by atoms with Crippen LogP contribution in [-0.4, -0.2) is 52.6 Å². The Kier molecular flexibility index (Phi) is 4.83. The molecule has 0 unspecified atom stereocenters. The lowest BCUT2D eigenvalue weighted by molar-refractivity contribution is 0.0592. The van der Waals surface area contributed by atoms with Gasteiger partial charge in [-0.15, -0.1) is 0 Å². The Labute approximate surface area is 169 Å². The highest BCUT2D eigenvalue weighted by Gasteiger charge is 2.33. The van der Waals surface area contributed by atoms with E-state index in [9.17, 15) is 9.59 Å². The zero-order chi connectivity index (χ0) is 19.8. The van der Waals surface area contributed by atoms with Crippen LogP contribution < -0.4 is 15.6 Å². The van der Waals surface area contributed by atoms with Crippen LogP contribution >= 0.6 is 0 Å². The standard InChI is InChI=1S/C22H26N4O3/c27-21(25-8-5-17(6-9-25)29-18-2-1-7-23-13-18)19-3-4-20-16-10-15(11-24-12-16)14-26(20)22(19)28/h1-4,7,13,15-17,24H,5-6,8-12,14H2/t15-,16+/m0/s1. The Hall–Kier alpha value is -2.67. The Balaban J connectivity index is 1.28. The molecular formula is C22H26N4O3. The van der Waals surface area contributed by atoms with Gasteiger partial charge in [0.25, 0.3) is 11.5 Å². The van der Waals surface area contributed by atoms with Crippen molar-refractivity contribution < 1.29 is 9.53 Å². The van der Waals surface area contributed by atoms with Crippen LogP contribution in [-0.2, 0) is 6.54 Å². The number of hydrogen-bond donors (Lipinski definition) is 1. The van der Waals surface area contributed by atoms with Gasteiger partial charge in [0.2, 0.25) is 0 Å². The van der Waals surface area contributed by atoms with E-state index in [4.69, 9.17) is 4.74 Å². The summed E-state index contributed by atoms with van der Waals surface area (Å²) in [6, 6.07) is 7.47. The first-order valence-electron chi connectivity index (χ1n) is 10.5. The van der Waals surface area contributed by atoms with Crippen molar-refractivity contribution in [3.8, 4) is 5.75 Å². The lowest BCUT2D eigenvalue weighted by atomic mass is 9.84. The number of rotatable bonds is 3. The first kappa shape index (κ1) is 18.4. The third-order valence-corrected chi connectivity index (χ3v) is 6.41. The number of amides is 1. The summed E-state index contributed by atoms with van der Waals surface area (Å²) in [6.07, 6.45) is 6.13. The molecule has 2 atom stereocenters. The van der Waals surface area contributed by atoms with E-state index in [2.05, 4.69) is 10.3 Å². The van der Waals surface area contributed by atoms with Crippen LogP contribution in [0.5, 0.6) is 5.75 Å². The third-order valence-electron chi connectivity index (χ3n) is 6.41. The molecule has 3 aliphatic rings. The highest BCUT2D eigenvalue weighted by Crippen LogP contribution is 2.31.